The number of pyridine rings is 1. The maximum Gasteiger partial charge on any atom is 0.574 e. The number of rotatable bonds is 1. The summed E-state index contributed by atoms with van der Waals surface area (Å²) in [7, 11) is 0. The van der Waals surface area contributed by atoms with Gasteiger partial charge in [-0.3, -0.25) is 0 Å². The monoisotopic (exact) mass is 206 g/mol. The molecule has 1 aromatic heterocycles. The normalized spacial score (nSPS) is 10.8. The molecule has 74 valence electrons. The Balaban J connectivity index is 3.03. The number of aromatic nitrogens is 1. The molecule has 0 N–H and O–H groups in total. The van der Waals surface area contributed by atoms with E-state index in [0.717, 1.165) is 6.07 Å². The Bertz CT molecular complexity index is 382. The highest BCUT2D eigenvalue weighted by Gasteiger charge is 2.33. The Labute approximate surface area is 75.5 Å². The standard InChI is InChI=1S/C7H2F4N2O/c8-5-2-1-4(3-12)13-6(5)14-7(9,10)11/h1-2H. The van der Waals surface area contributed by atoms with E-state index in [1.54, 1.807) is 0 Å². The number of hydrogen-bond donors (Lipinski definition) is 0. The summed E-state index contributed by atoms with van der Waals surface area (Å²) in [6.07, 6.45) is -5.03. The molecule has 3 nitrogen and oxygen atoms in total. The second kappa shape index (κ2) is 3.49. The van der Waals surface area contributed by atoms with Crippen LogP contribution in [0.3, 0.4) is 0 Å². The minimum atomic E-state index is -5.03. The molecule has 0 aliphatic heterocycles. The third-order valence-corrected chi connectivity index (χ3v) is 1.14. The van der Waals surface area contributed by atoms with Crippen molar-refractivity contribution in [3.63, 3.8) is 0 Å². The van der Waals surface area contributed by atoms with Gasteiger partial charge in [-0.25, -0.2) is 4.39 Å². The lowest BCUT2D eigenvalue weighted by Gasteiger charge is -2.07. The molecule has 0 saturated heterocycles. The summed E-state index contributed by atoms with van der Waals surface area (Å²) in [6.45, 7) is 0. The molecule has 0 fully saturated rings. The Morgan fingerprint density at radius 3 is 2.50 bits per heavy atom. The van der Waals surface area contributed by atoms with Crippen LogP contribution in [-0.2, 0) is 0 Å². The van der Waals surface area contributed by atoms with Crippen molar-refractivity contribution < 1.29 is 22.3 Å². The molecule has 1 heterocycles. The van der Waals surface area contributed by atoms with Crippen molar-refractivity contribution in [3.8, 4) is 11.9 Å². The van der Waals surface area contributed by atoms with Gasteiger partial charge in [-0.05, 0) is 12.1 Å². The molecule has 0 unspecified atom stereocenters. The molecule has 14 heavy (non-hydrogen) atoms. The summed E-state index contributed by atoms with van der Waals surface area (Å²) in [6, 6.07) is 3.07. The van der Waals surface area contributed by atoms with E-state index in [2.05, 4.69) is 9.72 Å². The fraction of sp³-hybridized carbons (Fsp3) is 0.143. The Hall–Kier alpha value is -1.84. The van der Waals surface area contributed by atoms with E-state index in [-0.39, 0.29) is 5.69 Å². The van der Waals surface area contributed by atoms with Crippen molar-refractivity contribution in [1.82, 2.24) is 4.98 Å². The Morgan fingerprint density at radius 1 is 1.36 bits per heavy atom. The predicted molar refractivity (Wildman–Crippen MR) is 35.6 cm³/mol. The second-order valence-corrected chi connectivity index (χ2v) is 2.14. The highest BCUT2D eigenvalue weighted by atomic mass is 19.4. The van der Waals surface area contributed by atoms with Crippen LogP contribution in [0.5, 0.6) is 5.88 Å². The molecule has 0 aliphatic carbocycles. The molecule has 1 rings (SSSR count). The number of ether oxygens (including phenoxy) is 1. The zero-order chi connectivity index (χ0) is 10.8. The van der Waals surface area contributed by atoms with Crippen molar-refractivity contribution >= 4 is 0 Å². The Morgan fingerprint density at radius 2 is 2.00 bits per heavy atom. The molecule has 0 spiro atoms. The van der Waals surface area contributed by atoms with Crippen LogP contribution in [0, 0.1) is 17.1 Å². The molecule has 0 amide bonds. The van der Waals surface area contributed by atoms with Crippen LogP contribution in [0.4, 0.5) is 17.6 Å². The van der Waals surface area contributed by atoms with Gasteiger partial charge in [-0.2, -0.15) is 10.2 Å². The summed E-state index contributed by atoms with van der Waals surface area (Å²) in [5.41, 5.74) is -0.356. The number of nitrogens with zero attached hydrogens (tertiary/aromatic N) is 2. The third-order valence-electron chi connectivity index (χ3n) is 1.14. The van der Waals surface area contributed by atoms with Gasteiger partial charge in [0.15, 0.2) is 5.82 Å². The van der Waals surface area contributed by atoms with Crippen molar-refractivity contribution in [1.29, 1.82) is 5.26 Å². The maximum atomic E-state index is 12.6. The van der Waals surface area contributed by atoms with Crippen LogP contribution < -0.4 is 4.74 Å². The first kappa shape index (κ1) is 10.2. The van der Waals surface area contributed by atoms with Crippen LogP contribution in [0.15, 0.2) is 12.1 Å². The lowest BCUT2D eigenvalue weighted by atomic mass is 10.4. The average molecular weight is 206 g/mol. The molecular formula is C7H2F4N2O. The quantitative estimate of drug-likeness (QED) is 0.660. The van der Waals surface area contributed by atoms with Crippen molar-refractivity contribution in [3.05, 3.63) is 23.6 Å². The first-order valence-electron chi connectivity index (χ1n) is 3.25. The van der Waals surface area contributed by atoms with Crippen LogP contribution in [0.1, 0.15) is 5.69 Å². The van der Waals surface area contributed by atoms with Crippen LogP contribution in [-0.4, -0.2) is 11.3 Å². The van der Waals surface area contributed by atoms with Gasteiger partial charge in [0.05, 0.1) is 0 Å². The van der Waals surface area contributed by atoms with E-state index in [1.165, 1.54) is 6.07 Å². The molecular weight excluding hydrogens is 204 g/mol. The summed E-state index contributed by atoms with van der Waals surface area (Å²) in [5.74, 6) is -2.53. The molecule has 0 bridgehead atoms. The third kappa shape index (κ3) is 2.58. The van der Waals surface area contributed by atoms with Gasteiger partial charge in [-0.15, -0.1) is 13.2 Å². The van der Waals surface area contributed by atoms with Crippen molar-refractivity contribution in [2.45, 2.75) is 6.36 Å². The largest absolute Gasteiger partial charge is 0.574 e. The lowest BCUT2D eigenvalue weighted by Crippen LogP contribution is -2.19. The maximum absolute atomic E-state index is 12.6. The van der Waals surface area contributed by atoms with Crippen molar-refractivity contribution in [2.24, 2.45) is 0 Å². The number of alkyl halides is 3. The van der Waals surface area contributed by atoms with E-state index < -0.39 is 18.1 Å². The Kier molecular flexibility index (Phi) is 2.56. The highest BCUT2D eigenvalue weighted by molar-refractivity contribution is 5.26. The fourth-order valence-electron chi connectivity index (χ4n) is 0.667. The van der Waals surface area contributed by atoms with Crippen LogP contribution in [0.25, 0.3) is 0 Å². The average Bonchev–Trinajstić information content (AvgIpc) is 2.06. The fourth-order valence-corrected chi connectivity index (χ4v) is 0.667. The van der Waals surface area contributed by atoms with Gasteiger partial charge in [-0.1, -0.05) is 0 Å². The number of halogens is 4. The van der Waals surface area contributed by atoms with Gasteiger partial charge in [0, 0.05) is 0 Å². The van der Waals surface area contributed by atoms with Crippen LogP contribution in [0.2, 0.25) is 0 Å². The molecule has 0 saturated carbocycles. The number of hydrogen-bond acceptors (Lipinski definition) is 3. The summed E-state index contributed by atoms with van der Waals surface area (Å²) >= 11 is 0. The van der Waals surface area contributed by atoms with Gasteiger partial charge in [0.2, 0.25) is 0 Å². The smallest absolute Gasteiger partial charge is 0.385 e. The van der Waals surface area contributed by atoms with Crippen LogP contribution >= 0.6 is 0 Å². The number of nitriles is 1. The second-order valence-electron chi connectivity index (χ2n) is 2.14. The molecule has 0 atom stereocenters. The van der Waals surface area contributed by atoms with Gasteiger partial charge >= 0.3 is 6.36 Å². The molecule has 0 aliphatic rings. The summed E-state index contributed by atoms with van der Waals surface area (Å²) < 4.78 is 50.8. The zero-order valence-corrected chi connectivity index (χ0v) is 6.47. The van der Waals surface area contributed by atoms with Gasteiger partial charge in [0.1, 0.15) is 11.8 Å². The summed E-state index contributed by atoms with van der Waals surface area (Å²) in [4.78, 5) is 3.00. The lowest BCUT2D eigenvalue weighted by molar-refractivity contribution is -0.277. The highest BCUT2D eigenvalue weighted by Crippen LogP contribution is 2.23. The van der Waals surface area contributed by atoms with E-state index in [0.29, 0.717) is 6.07 Å². The zero-order valence-electron chi connectivity index (χ0n) is 6.47. The molecule has 0 aromatic carbocycles. The first-order chi connectivity index (χ1) is 6.42. The van der Waals surface area contributed by atoms with E-state index in [1.807, 2.05) is 0 Å². The van der Waals surface area contributed by atoms with E-state index >= 15 is 0 Å². The minimum Gasteiger partial charge on any atom is -0.385 e. The molecule has 0 radical (unpaired) electrons. The van der Waals surface area contributed by atoms with E-state index in [9.17, 15) is 17.6 Å². The van der Waals surface area contributed by atoms with Gasteiger partial charge < -0.3 is 4.74 Å². The van der Waals surface area contributed by atoms with E-state index in [4.69, 9.17) is 5.26 Å². The minimum absolute atomic E-state index is 0.356. The van der Waals surface area contributed by atoms with Gasteiger partial charge in [0.25, 0.3) is 5.88 Å². The summed E-state index contributed by atoms with van der Waals surface area (Å²) in [5, 5.41) is 8.28. The first-order valence-corrected chi connectivity index (χ1v) is 3.25. The predicted octanol–water partition coefficient (Wildman–Crippen LogP) is 1.99. The molecule has 7 heteroatoms. The topological polar surface area (TPSA) is 45.9 Å². The SMILES string of the molecule is N#Cc1ccc(F)c(OC(F)(F)F)n1. The molecule has 1 aromatic rings. The van der Waals surface area contributed by atoms with Crippen molar-refractivity contribution in [2.75, 3.05) is 0 Å².